The lowest BCUT2D eigenvalue weighted by Crippen LogP contribution is -2.26. The van der Waals surface area contributed by atoms with E-state index in [1.807, 2.05) is 0 Å². The van der Waals surface area contributed by atoms with Crippen molar-refractivity contribution >= 4 is 16.9 Å². The molecule has 1 atom stereocenters. The minimum atomic E-state index is -0.920. The van der Waals surface area contributed by atoms with Crippen molar-refractivity contribution in [3.05, 3.63) is 70.3 Å². The van der Waals surface area contributed by atoms with Crippen molar-refractivity contribution in [1.82, 2.24) is 0 Å². The lowest BCUT2D eigenvalue weighted by molar-refractivity contribution is -0.152. The molecule has 26 heavy (non-hydrogen) atoms. The number of carbonyl (C=O) groups is 1. The van der Waals surface area contributed by atoms with Crippen LogP contribution < -0.4 is 10.4 Å². The van der Waals surface area contributed by atoms with Crippen molar-refractivity contribution in [2.45, 2.75) is 19.6 Å². The van der Waals surface area contributed by atoms with E-state index >= 15 is 0 Å². The van der Waals surface area contributed by atoms with E-state index in [0.29, 0.717) is 16.7 Å². The topological polar surface area (TPSA) is 86.0 Å². The van der Waals surface area contributed by atoms with Gasteiger partial charge in [-0.15, -0.1) is 0 Å². The maximum absolute atomic E-state index is 12.9. The van der Waals surface area contributed by atoms with E-state index in [2.05, 4.69) is 0 Å². The van der Waals surface area contributed by atoms with Crippen molar-refractivity contribution in [3.63, 3.8) is 0 Å². The van der Waals surface area contributed by atoms with Crippen molar-refractivity contribution in [1.29, 1.82) is 0 Å². The Morgan fingerprint density at radius 2 is 1.92 bits per heavy atom. The van der Waals surface area contributed by atoms with Gasteiger partial charge in [-0.3, -0.25) is 0 Å². The predicted octanol–water partition coefficient (Wildman–Crippen LogP) is 3.15. The Hall–Kier alpha value is -3.35. The van der Waals surface area contributed by atoms with Crippen LogP contribution in [0.4, 0.5) is 4.39 Å². The van der Waals surface area contributed by atoms with Gasteiger partial charge in [0.2, 0.25) is 0 Å². The molecule has 0 bridgehead atoms. The van der Waals surface area contributed by atoms with Gasteiger partial charge in [0.05, 0.1) is 0 Å². The summed E-state index contributed by atoms with van der Waals surface area (Å²) in [5.41, 5.74) is 0.0162. The smallest absolute Gasteiger partial charge is 0.347 e. The number of carbonyl (C=O) groups excluding carboxylic acids is 1. The van der Waals surface area contributed by atoms with Gasteiger partial charge in [0.15, 0.2) is 6.10 Å². The molecule has 0 saturated heterocycles. The van der Waals surface area contributed by atoms with Crippen molar-refractivity contribution < 1.29 is 28.2 Å². The quantitative estimate of drug-likeness (QED) is 0.557. The molecular weight excluding hydrogens is 343 g/mol. The standard InChI is InChI=1S/C19H15FO6/c1-11(25-15-5-2-13(20)3-6-15)19(23)24-10-12-8-18(22)26-17-9-14(21)4-7-16(12)17/h2-9,11,21H,10H2,1H3/t11-/m0/s1. The average molecular weight is 358 g/mol. The summed E-state index contributed by atoms with van der Waals surface area (Å²) in [4.78, 5) is 23.7. The molecule has 3 rings (SSSR count). The highest BCUT2D eigenvalue weighted by Gasteiger charge is 2.17. The summed E-state index contributed by atoms with van der Waals surface area (Å²) < 4.78 is 28.5. The highest BCUT2D eigenvalue weighted by atomic mass is 19.1. The predicted molar refractivity (Wildman–Crippen MR) is 90.4 cm³/mol. The fraction of sp³-hybridized carbons (Fsp3) is 0.158. The van der Waals surface area contributed by atoms with Crippen LogP contribution in [0.5, 0.6) is 11.5 Å². The van der Waals surface area contributed by atoms with E-state index in [1.54, 1.807) is 6.07 Å². The van der Waals surface area contributed by atoms with Crippen molar-refractivity contribution in [2.24, 2.45) is 0 Å². The zero-order chi connectivity index (χ0) is 18.7. The van der Waals surface area contributed by atoms with Gasteiger partial charge in [-0.1, -0.05) is 0 Å². The molecule has 2 aromatic carbocycles. The van der Waals surface area contributed by atoms with E-state index in [9.17, 15) is 19.1 Å². The second-order valence-corrected chi connectivity index (χ2v) is 5.59. The maximum Gasteiger partial charge on any atom is 0.347 e. The molecule has 6 nitrogen and oxygen atoms in total. The summed E-state index contributed by atoms with van der Waals surface area (Å²) in [5.74, 6) is -0.767. The summed E-state index contributed by atoms with van der Waals surface area (Å²) in [6.07, 6.45) is -0.920. The third-order valence-corrected chi connectivity index (χ3v) is 3.64. The number of benzene rings is 2. The lowest BCUT2D eigenvalue weighted by atomic mass is 10.1. The van der Waals surface area contributed by atoms with Gasteiger partial charge in [0.1, 0.15) is 29.5 Å². The van der Waals surface area contributed by atoms with Crippen LogP contribution in [0.25, 0.3) is 11.0 Å². The SMILES string of the molecule is C[C@H](Oc1ccc(F)cc1)C(=O)OCc1cc(=O)oc2cc(O)ccc12. The van der Waals surface area contributed by atoms with Gasteiger partial charge >= 0.3 is 11.6 Å². The number of halogens is 1. The Morgan fingerprint density at radius 1 is 1.19 bits per heavy atom. The molecular formula is C19H15FO6. The minimum absolute atomic E-state index is 0.0453. The molecule has 1 heterocycles. The Bertz CT molecular complexity index is 993. The first-order valence-electron chi connectivity index (χ1n) is 7.77. The van der Waals surface area contributed by atoms with Crippen molar-refractivity contribution in [3.8, 4) is 11.5 Å². The lowest BCUT2D eigenvalue weighted by Gasteiger charge is -2.14. The molecule has 0 aliphatic carbocycles. The zero-order valence-corrected chi connectivity index (χ0v) is 13.8. The zero-order valence-electron chi connectivity index (χ0n) is 13.8. The molecule has 0 spiro atoms. The number of aromatic hydroxyl groups is 1. The highest BCUT2D eigenvalue weighted by Crippen LogP contribution is 2.22. The minimum Gasteiger partial charge on any atom is -0.508 e. The van der Waals surface area contributed by atoms with Gasteiger partial charge in [0.25, 0.3) is 0 Å². The van der Waals surface area contributed by atoms with E-state index in [4.69, 9.17) is 13.9 Å². The molecule has 0 fully saturated rings. The number of phenolic OH excluding ortho intramolecular Hbond substituents is 1. The summed E-state index contributed by atoms with van der Waals surface area (Å²) in [5, 5.41) is 10.0. The van der Waals surface area contributed by atoms with E-state index in [1.165, 1.54) is 49.4 Å². The number of ether oxygens (including phenoxy) is 2. The van der Waals surface area contributed by atoms with Gasteiger partial charge in [-0.2, -0.15) is 0 Å². The largest absolute Gasteiger partial charge is 0.508 e. The Labute approximate surface area is 147 Å². The first kappa shape index (κ1) is 17.5. The summed E-state index contributed by atoms with van der Waals surface area (Å²) in [7, 11) is 0. The number of esters is 1. The van der Waals surface area contributed by atoms with Crippen LogP contribution in [-0.2, 0) is 16.1 Å². The molecule has 3 aromatic rings. The first-order chi connectivity index (χ1) is 12.4. The van der Waals surface area contributed by atoms with E-state index in [-0.39, 0.29) is 17.9 Å². The second kappa shape index (κ2) is 7.26. The first-order valence-corrected chi connectivity index (χ1v) is 7.77. The van der Waals surface area contributed by atoms with Crippen LogP contribution in [0.1, 0.15) is 12.5 Å². The average Bonchev–Trinajstić information content (AvgIpc) is 2.60. The number of hydrogen-bond acceptors (Lipinski definition) is 6. The van der Waals surface area contributed by atoms with Crippen LogP contribution in [-0.4, -0.2) is 17.2 Å². The fourth-order valence-corrected chi connectivity index (χ4v) is 2.37. The monoisotopic (exact) mass is 358 g/mol. The normalized spacial score (nSPS) is 11.9. The van der Waals surface area contributed by atoms with Gasteiger partial charge in [-0.25, -0.2) is 14.0 Å². The number of hydrogen-bond donors (Lipinski definition) is 1. The third kappa shape index (κ3) is 4.00. The van der Waals surface area contributed by atoms with Crippen LogP contribution >= 0.6 is 0 Å². The molecule has 0 radical (unpaired) electrons. The molecule has 0 aliphatic rings. The second-order valence-electron chi connectivity index (χ2n) is 5.59. The molecule has 0 unspecified atom stereocenters. The molecule has 0 aliphatic heterocycles. The third-order valence-electron chi connectivity index (χ3n) is 3.64. The maximum atomic E-state index is 12.9. The van der Waals surface area contributed by atoms with Crippen molar-refractivity contribution in [2.75, 3.05) is 0 Å². The fourth-order valence-electron chi connectivity index (χ4n) is 2.37. The Balaban J connectivity index is 1.70. The molecule has 1 aromatic heterocycles. The summed E-state index contributed by atoms with van der Waals surface area (Å²) in [6, 6.07) is 10.8. The molecule has 0 amide bonds. The molecule has 7 heteroatoms. The summed E-state index contributed by atoms with van der Waals surface area (Å²) in [6.45, 7) is 1.34. The molecule has 1 N–H and O–H groups in total. The number of rotatable bonds is 5. The molecule has 134 valence electrons. The van der Waals surface area contributed by atoms with Gasteiger partial charge in [0, 0.05) is 23.1 Å². The van der Waals surface area contributed by atoms with Gasteiger partial charge in [-0.05, 0) is 43.3 Å². The summed E-state index contributed by atoms with van der Waals surface area (Å²) >= 11 is 0. The van der Waals surface area contributed by atoms with E-state index in [0.717, 1.165) is 0 Å². The highest BCUT2D eigenvalue weighted by molar-refractivity contribution is 5.82. The van der Waals surface area contributed by atoms with Crippen LogP contribution in [0.3, 0.4) is 0 Å². The molecule has 0 saturated carbocycles. The van der Waals surface area contributed by atoms with Gasteiger partial charge < -0.3 is 19.0 Å². The Kier molecular flexibility index (Phi) is 4.88. The van der Waals surface area contributed by atoms with Crippen LogP contribution in [0, 0.1) is 5.82 Å². The van der Waals surface area contributed by atoms with Crippen LogP contribution in [0.2, 0.25) is 0 Å². The number of fused-ring (bicyclic) bond motifs is 1. The van der Waals surface area contributed by atoms with E-state index < -0.39 is 23.5 Å². The van der Waals surface area contributed by atoms with Crippen LogP contribution in [0.15, 0.2) is 57.7 Å². The number of phenols is 1. The Morgan fingerprint density at radius 3 is 2.65 bits per heavy atom.